The number of ether oxygens (including phenoxy) is 1. The average Bonchev–Trinajstić information content (AvgIpc) is 2.51. The number of methoxy groups -OCH3 is 1. The number of pyridine rings is 1. The SMILES string of the molecule is CCn1cc(NC(=O)C(OC)c2ccccc2O)ccc1=O. The number of anilines is 1. The Morgan fingerprint density at radius 2 is 2.05 bits per heavy atom. The van der Waals surface area contributed by atoms with Crippen molar-refractivity contribution in [3.63, 3.8) is 0 Å². The fourth-order valence-electron chi connectivity index (χ4n) is 2.14. The molecule has 2 aromatic rings. The molecule has 1 unspecified atom stereocenters. The monoisotopic (exact) mass is 302 g/mol. The number of hydrogen-bond acceptors (Lipinski definition) is 4. The molecular weight excluding hydrogens is 284 g/mol. The van der Waals surface area contributed by atoms with E-state index in [0.29, 0.717) is 17.8 Å². The lowest BCUT2D eigenvalue weighted by atomic mass is 10.1. The van der Waals surface area contributed by atoms with Gasteiger partial charge in [0.1, 0.15) is 5.75 Å². The molecule has 116 valence electrons. The summed E-state index contributed by atoms with van der Waals surface area (Å²) in [6, 6.07) is 9.42. The first-order valence-electron chi connectivity index (χ1n) is 6.89. The number of phenolic OH excluding ortho intramolecular Hbond substituents is 1. The van der Waals surface area contributed by atoms with E-state index in [9.17, 15) is 14.7 Å². The van der Waals surface area contributed by atoms with Crippen LogP contribution < -0.4 is 10.9 Å². The van der Waals surface area contributed by atoms with Crippen LogP contribution in [-0.4, -0.2) is 22.7 Å². The third-order valence-electron chi connectivity index (χ3n) is 3.28. The van der Waals surface area contributed by atoms with Gasteiger partial charge in [-0.3, -0.25) is 9.59 Å². The zero-order valence-corrected chi connectivity index (χ0v) is 12.4. The van der Waals surface area contributed by atoms with Crippen molar-refractivity contribution in [1.82, 2.24) is 4.57 Å². The van der Waals surface area contributed by atoms with Gasteiger partial charge in [0.15, 0.2) is 6.10 Å². The van der Waals surface area contributed by atoms with Crippen molar-refractivity contribution in [1.29, 1.82) is 0 Å². The smallest absolute Gasteiger partial charge is 0.258 e. The van der Waals surface area contributed by atoms with Crippen LogP contribution in [0.25, 0.3) is 0 Å². The minimum atomic E-state index is -0.941. The molecule has 22 heavy (non-hydrogen) atoms. The summed E-state index contributed by atoms with van der Waals surface area (Å²) >= 11 is 0. The van der Waals surface area contributed by atoms with Crippen LogP contribution in [0.15, 0.2) is 47.4 Å². The molecule has 0 fully saturated rings. The van der Waals surface area contributed by atoms with Gasteiger partial charge in [0.25, 0.3) is 11.5 Å². The highest BCUT2D eigenvalue weighted by molar-refractivity contribution is 5.95. The Morgan fingerprint density at radius 1 is 1.32 bits per heavy atom. The molecule has 0 aliphatic heterocycles. The third-order valence-corrected chi connectivity index (χ3v) is 3.28. The van der Waals surface area contributed by atoms with Gasteiger partial charge in [-0.2, -0.15) is 0 Å². The molecule has 1 aromatic carbocycles. The van der Waals surface area contributed by atoms with Gasteiger partial charge >= 0.3 is 0 Å². The van der Waals surface area contributed by atoms with Gasteiger partial charge in [-0.1, -0.05) is 18.2 Å². The number of aryl methyl sites for hydroxylation is 1. The topological polar surface area (TPSA) is 80.6 Å². The largest absolute Gasteiger partial charge is 0.508 e. The predicted octanol–water partition coefficient (Wildman–Crippen LogP) is 1.90. The van der Waals surface area contributed by atoms with Crippen molar-refractivity contribution in [2.45, 2.75) is 19.6 Å². The molecule has 0 radical (unpaired) electrons. The van der Waals surface area contributed by atoms with Crippen LogP contribution in [-0.2, 0) is 16.1 Å². The lowest BCUT2D eigenvalue weighted by Crippen LogP contribution is -2.24. The van der Waals surface area contributed by atoms with Crippen molar-refractivity contribution in [2.75, 3.05) is 12.4 Å². The lowest BCUT2D eigenvalue weighted by Gasteiger charge is -2.17. The van der Waals surface area contributed by atoms with E-state index in [0.717, 1.165) is 0 Å². The van der Waals surface area contributed by atoms with Gasteiger partial charge in [-0.05, 0) is 19.1 Å². The fraction of sp³-hybridized carbons (Fsp3) is 0.250. The maximum atomic E-state index is 12.3. The summed E-state index contributed by atoms with van der Waals surface area (Å²) in [5.41, 5.74) is 0.736. The highest BCUT2D eigenvalue weighted by atomic mass is 16.5. The molecular formula is C16H18N2O4. The van der Waals surface area contributed by atoms with Crippen molar-refractivity contribution >= 4 is 11.6 Å². The van der Waals surface area contributed by atoms with Crippen LogP contribution in [0.2, 0.25) is 0 Å². The average molecular weight is 302 g/mol. The molecule has 0 bridgehead atoms. The second-order valence-electron chi connectivity index (χ2n) is 4.71. The highest BCUT2D eigenvalue weighted by Gasteiger charge is 2.23. The van der Waals surface area contributed by atoms with Crippen LogP contribution in [0.3, 0.4) is 0 Å². The Balaban J connectivity index is 2.23. The third kappa shape index (κ3) is 3.35. The van der Waals surface area contributed by atoms with E-state index in [1.54, 1.807) is 24.4 Å². The summed E-state index contributed by atoms with van der Waals surface area (Å²) in [4.78, 5) is 23.9. The number of benzene rings is 1. The second-order valence-corrected chi connectivity index (χ2v) is 4.71. The molecule has 0 saturated carbocycles. The van der Waals surface area contributed by atoms with Crippen LogP contribution in [0.5, 0.6) is 5.75 Å². The minimum absolute atomic E-state index is 0.0111. The van der Waals surface area contributed by atoms with Gasteiger partial charge in [-0.25, -0.2) is 0 Å². The zero-order valence-electron chi connectivity index (χ0n) is 12.4. The maximum absolute atomic E-state index is 12.3. The summed E-state index contributed by atoms with van der Waals surface area (Å²) in [6.07, 6.45) is 0.626. The predicted molar refractivity (Wildman–Crippen MR) is 82.9 cm³/mol. The van der Waals surface area contributed by atoms with E-state index in [2.05, 4.69) is 5.32 Å². The summed E-state index contributed by atoms with van der Waals surface area (Å²) in [5.74, 6) is -0.437. The van der Waals surface area contributed by atoms with E-state index in [1.807, 2.05) is 6.92 Å². The molecule has 2 N–H and O–H groups in total. The first-order valence-corrected chi connectivity index (χ1v) is 6.89. The van der Waals surface area contributed by atoms with E-state index < -0.39 is 12.0 Å². The number of amides is 1. The number of carbonyl (C=O) groups excluding carboxylic acids is 1. The van der Waals surface area contributed by atoms with Crippen molar-refractivity contribution in [3.05, 3.63) is 58.5 Å². The number of rotatable bonds is 5. The quantitative estimate of drug-likeness (QED) is 0.884. The maximum Gasteiger partial charge on any atom is 0.258 e. The molecule has 1 amide bonds. The molecule has 0 spiro atoms. The number of nitrogens with zero attached hydrogens (tertiary/aromatic N) is 1. The van der Waals surface area contributed by atoms with Gasteiger partial charge in [0.2, 0.25) is 0 Å². The number of carbonyl (C=O) groups is 1. The zero-order chi connectivity index (χ0) is 16.1. The second kappa shape index (κ2) is 6.91. The van der Waals surface area contributed by atoms with Gasteiger partial charge in [0, 0.05) is 31.5 Å². The molecule has 6 heteroatoms. The Bertz CT molecular complexity index is 724. The molecule has 0 saturated heterocycles. The van der Waals surface area contributed by atoms with E-state index in [1.165, 1.54) is 29.9 Å². The van der Waals surface area contributed by atoms with Gasteiger partial charge in [-0.15, -0.1) is 0 Å². The van der Waals surface area contributed by atoms with Gasteiger partial charge < -0.3 is 19.7 Å². The van der Waals surface area contributed by atoms with Crippen LogP contribution in [0.1, 0.15) is 18.6 Å². The van der Waals surface area contributed by atoms with Crippen LogP contribution in [0.4, 0.5) is 5.69 Å². The van der Waals surface area contributed by atoms with E-state index >= 15 is 0 Å². The molecule has 2 rings (SSSR count). The summed E-state index contributed by atoms with van der Waals surface area (Å²) < 4.78 is 6.67. The Morgan fingerprint density at radius 3 is 2.68 bits per heavy atom. The van der Waals surface area contributed by atoms with Gasteiger partial charge in [0.05, 0.1) is 5.69 Å². The molecule has 0 aliphatic carbocycles. The number of aromatic hydroxyl groups is 1. The lowest BCUT2D eigenvalue weighted by molar-refractivity contribution is -0.126. The summed E-state index contributed by atoms with van der Waals surface area (Å²) in [6.45, 7) is 2.35. The Hall–Kier alpha value is -2.60. The molecule has 0 aliphatic rings. The van der Waals surface area contributed by atoms with E-state index in [4.69, 9.17) is 4.74 Å². The molecule has 1 aromatic heterocycles. The van der Waals surface area contributed by atoms with Crippen LogP contribution in [0, 0.1) is 0 Å². The van der Waals surface area contributed by atoms with Crippen molar-refractivity contribution < 1.29 is 14.6 Å². The first-order chi connectivity index (χ1) is 10.6. The molecule has 1 heterocycles. The number of para-hydroxylation sites is 1. The molecule has 1 atom stereocenters. The minimum Gasteiger partial charge on any atom is -0.508 e. The fourth-order valence-corrected chi connectivity index (χ4v) is 2.14. The number of hydrogen-bond donors (Lipinski definition) is 2. The number of aromatic nitrogens is 1. The molecule has 6 nitrogen and oxygen atoms in total. The van der Waals surface area contributed by atoms with Crippen LogP contribution >= 0.6 is 0 Å². The van der Waals surface area contributed by atoms with Crippen molar-refractivity contribution in [3.8, 4) is 5.75 Å². The van der Waals surface area contributed by atoms with Crippen molar-refractivity contribution in [2.24, 2.45) is 0 Å². The van der Waals surface area contributed by atoms with E-state index in [-0.39, 0.29) is 11.3 Å². The summed E-state index contributed by atoms with van der Waals surface area (Å²) in [5, 5.41) is 12.5. The normalized spacial score (nSPS) is 11.9. The number of nitrogens with one attached hydrogen (secondary N) is 1. The Labute approximate surface area is 128 Å². The summed E-state index contributed by atoms with van der Waals surface area (Å²) in [7, 11) is 1.39. The Kier molecular flexibility index (Phi) is 4.95. The highest BCUT2D eigenvalue weighted by Crippen LogP contribution is 2.27. The standard InChI is InChI=1S/C16H18N2O4/c1-3-18-10-11(8-9-14(18)20)17-16(21)15(22-2)12-6-4-5-7-13(12)19/h4-10,15,19H,3H2,1-2H3,(H,17,21). The first kappa shape index (κ1) is 15.8. The number of phenols is 1.